The first-order chi connectivity index (χ1) is 16.6. The van der Waals surface area contributed by atoms with Crippen molar-refractivity contribution >= 4 is 54.5 Å². The molecule has 0 aliphatic heterocycles. The highest BCUT2D eigenvalue weighted by atomic mass is 32.1. The van der Waals surface area contributed by atoms with Crippen molar-refractivity contribution in [3.63, 3.8) is 0 Å². The molecule has 1 rings (SSSR count). The van der Waals surface area contributed by atoms with Crippen LogP contribution in [0.2, 0.25) is 0 Å². The Labute approximate surface area is 214 Å². The number of hydrazine groups is 1. The van der Waals surface area contributed by atoms with E-state index in [0.717, 1.165) is 7.11 Å². The quantitative estimate of drug-likeness (QED) is 0.0403. The lowest BCUT2D eigenvalue weighted by Gasteiger charge is -2.26. The second-order valence-corrected chi connectivity index (χ2v) is 8.28. The van der Waals surface area contributed by atoms with Crippen LogP contribution in [0.5, 0.6) is 5.75 Å². The second kappa shape index (κ2) is 15.5. The molecule has 11 nitrogen and oxygen atoms in total. The van der Waals surface area contributed by atoms with Crippen LogP contribution in [0.15, 0.2) is 24.3 Å². The summed E-state index contributed by atoms with van der Waals surface area (Å²) in [5, 5.41) is 12.3. The highest BCUT2D eigenvalue weighted by molar-refractivity contribution is 7.80. The van der Waals surface area contributed by atoms with Crippen LogP contribution in [-0.2, 0) is 39.9 Å². The van der Waals surface area contributed by atoms with Crippen molar-refractivity contribution in [2.75, 3.05) is 25.7 Å². The Morgan fingerprint density at radius 1 is 0.943 bits per heavy atom. The minimum Gasteiger partial charge on any atom is -0.508 e. The van der Waals surface area contributed by atoms with Gasteiger partial charge in [-0.15, -0.1) is 0 Å². The third-order valence-electron chi connectivity index (χ3n) is 5.26. The summed E-state index contributed by atoms with van der Waals surface area (Å²) >= 11 is 8.11. The molecule has 35 heavy (non-hydrogen) atoms. The number of thiol groups is 2. The lowest BCUT2D eigenvalue weighted by molar-refractivity contribution is -0.150. The van der Waals surface area contributed by atoms with Crippen LogP contribution in [0.4, 0.5) is 0 Å². The number of phenolic OH excluding ortho intramolecular Hbond substituents is 1. The van der Waals surface area contributed by atoms with Gasteiger partial charge < -0.3 is 14.6 Å². The van der Waals surface area contributed by atoms with Crippen LogP contribution >= 0.6 is 25.3 Å². The predicted octanol–water partition coefficient (Wildman–Crippen LogP) is -0.597. The summed E-state index contributed by atoms with van der Waals surface area (Å²) < 4.78 is 9.44. The Kier molecular flexibility index (Phi) is 13.6. The van der Waals surface area contributed by atoms with Gasteiger partial charge in [0, 0.05) is 17.9 Å². The number of methoxy groups -OCH3 is 2. The summed E-state index contributed by atoms with van der Waals surface area (Å²) in [6.45, 7) is 0. The minimum absolute atomic E-state index is 0.0126. The Morgan fingerprint density at radius 2 is 1.51 bits per heavy atom. The molecule has 5 N–H and O–H groups in total. The number of rotatable bonds is 16. The lowest BCUT2D eigenvalue weighted by Crippen LogP contribution is -2.56. The molecule has 0 saturated carbocycles. The average molecular weight is 530 g/mol. The van der Waals surface area contributed by atoms with Gasteiger partial charge in [-0.25, -0.2) is 5.43 Å². The molecule has 0 heterocycles. The number of nitrogens with one attached hydrogen (secondary N) is 2. The van der Waals surface area contributed by atoms with Crippen LogP contribution in [0.3, 0.4) is 0 Å². The highest BCUT2D eigenvalue weighted by Gasteiger charge is 2.37. The smallest absolute Gasteiger partial charge is 0.316 e. The van der Waals surface area contributed by atoms with E-state index in [1.807, 2.05) is 0 Å². The molecule has 0 bridgehead atoms. The molecule has 194 valence electrons. The van der Waals surface area contributed by atoms with E-state index in [-0.39, 0.29) is 36.5 Å². The van der Waals surface area contributed by atoms with E-state index in [2.05, 4.69) is 40.7 Å². The van der Waals surface area contributed by atoms with Gasteiger partial charge in [0.05, 0.1) is 32.3 Å². The summed E-state index contributed by atoms with van der Waals surface area (Å²) in [4.78, 5) is 62.9. The molecule has 0 radical (unpaired) electrons. The maximum Gasteiger partial charge on any atom is 0.316 e. The molecule has 0 amide bonds. The first-order valence-electron chi connectivity index (χ1n) is 10.6. The monoisotopic (exact) mass is 529 g/mol. The molecule has 13 heteroatoms. The van der Waals surface area contributed by atoms with Crippen molar-refractivity contribution in [3.05, 3.63) is 29.8 Å². The molecule has 0 aliphatic carbocycles. The minimum atomic E-state index is -1.29. The average Bonchev–Trinajstić information content (AvgIpc) is 2.87. The molecular weight excluding hydrogens is 498 g/mol. The fourth-order valence-corrected chi connectivity index (χ4v) is 3.78. The normalized spacial score (nSPS) is 14.3. The van der Waals surface area contributed by atoms with Gasteiger partial charge in [-0.2, -0.15) is 25.3 Å². The lowest BCUT2D eigenvalue weighted by atomic mass is 9.88. The van der Waals surface area contributed by atoms with E-state index in [4.69, 9.17) is 10.6 Å². The van der Waals surface area contributed by atoms with Crippen LogP contribution in [0, 0.1) is 5.92 Å². The van der Waals surface area contributed by atoms with E-state index in [1.54, 1.807) is 12.1 Å². The fourth-order valence-electron chi connectivity index (χ4n) is 3.23. The number of hydrogen-bond acceptors (Lipinski definition) is 13. The zero-order chi connectivity index (χ0) is 26.5. The van der Waals surface area contributed by atoms with Gasteiger partial charge in [-0.3, -0.25) is 35.1 Å². The number of hydrogen-bond donors (Lipinski definition) is 6. The zero-order valence-corrected chi connectivity index (χ0v) is 21.2. The molecule has 0 spiro atoms. The predicted molar refractivity (Wildman–Crippen MR) is 133 cm³/mol. The molecule has 2 unspecified atom stereocenters. The zero-order valence-electron chi connectivity index (χ0n) is 19.4. The van der Waals surface area contributed by atoms with Crippen molar-refractivity contribution in [3.8, 4) is 5.75 Å². The summed E-state index contributed by atoms with van der Waals surface area (Å²) in [6.07, 6.45) is -0.372. The van der Waals surface area contributed by atoms with Crippen molar-refractivity contribution in [2.45, 2.75) is 37.4 Å². The van der Waals surface area contributed by atoms with Crippen molar-refractivity contribution in [2.24, 2.45) is 11.8 Å². The fraction of sp³-hybridized carbons (Fsp3) is 0.500. The summed E-state index contributed by atoms with van der Waals surface area (Å²) in [6, 6.07) is 2.47. The van der Waals surface area contributed by atoms with E-state index in [1.165, 1.54) is 19.2 Å². The molecule has 0 aromatic heterocycles. The standard InChI is InChI=1S/C22H31N3O8S2/c1-32-18(27)8-7-15(24-16(10-34)20(29)21(30)17(11-35)25-23)19(28)14(22(31)33-2)9-12-3-5-13(26)6-4-12/h3-6,14-17,24-26,34-35H,7-11,23H2,1-2H3/t14?,15?,16-,17-/m0/s1. The summed E-state index contributed by atoms with van der Waals surface area (Å²) in [5.74, 6) is 0.00157. The Morgan fingerprint density at radius 3 is 2.00 bits per heavy atom. The number of ketones is 3. The molecular formula is C22H31N3O8S2. The molecule has 0 fully saturated rings. The molecule has 1 aromatic carbocycles. The number of nitrogens with two attached hydrogens (primary N) is 1. The van der Waals surface area contributed by atoms with Crippen molar-refractivity contribution < 1.29 is 38.6 Å². The third kappa shape index (κ3) is 9.26. The third-order valence-corrected chi connectivity index (χ3v) is 5.99. The van der Waals surface area contributed by atoms with Crippen LogP contribution in [0.1, 0.15) is 18.4 Å². The number of ether oxygens (including phenoxy) is 2. The van der Waals surface area contributed by atoms with Gasteiger partial charge in [0.25, 0.3) is 0 Å². The second-order valence-electron chi connectivity index (χ2n) is 7.55. The Bertz CT molecular complexity index is 893. The summed E-state index contributed by atoms with van der Waals surface area (Å²) in [7, 11) is 2.32. The first kappa shape index (κ1) is 30.6. The molecule has 0 aliphatic rings. The number of carbonyl (C=O) groups excluding carboxylic acids is 5. The number of phenols is 1. The Hall–Kier alpha value is -2.45. The van der Waals surface area contributed by atoms with E-state index in [0.29, 0.717) is 5.56 Å². The largest absolute Gasteiger partial charge is 0.508 e. The number of aromatic hydroxyl groups is 1. The van der Waals surface area contributed by atoms with E-state index >= 15 is 0 Å². The highest BCUT2D eigenvalue weighted by Crippen LogP contribution is 2.19. The van der Waals surface area contributed by atoms with Crippen LogP contribution < -0.4 is 16.6 Å². The van der Waals surface area contributed by atoms with Crippen molar-refractivity contribution in [1.29, 1.82) is 0 Å². The maximum atomic E-state index is 13.5. The van der Waals surface area contributed by atoms with Gasteiger partial charge in [0.1, 0.15) is 11.7 Å². The first-order valence-corrected chi connectivity index (χ1v) is 11.9. The molecule has 1 aromatic rings. The topological polar surface area (TPSA) is 174 Å². The number of Topliss-reactive ketones (excluding diaryl/α,β-unsaturated/α-hetero) is 3. The van der Waals surface area contributed by atoms with Gasteiger partial charge in [-0.05, 0) is 30.5 Å². The van der Waals surface area contributed by atoms with Gasteiger partial charge in [0.2, 0.25) is 11.6 Å². The van der Waals surface area contributed by atoms with E-state index in [9.17, 15) is 29.1 Å². The number of carbonyl (C=O) groups is 5. The molecule has 0 saturated heterocycles. The Balaban J connectivity index is 3.24. The van der Waals surface area contributed by atoms with Crippen LogP contribution in [-0.4, -0.2) is 78.2 Å². The van der Waals surface area contributed by atoms with Gasteiger partial charge >= 0.3 is 11.9 Å². The van der Waals surface area contributed by atoms with Crippen LogP contribution in [0.25, 0.3) is 0 Å². The summed E-state index contributed by atoms with van der Waals surface area (Å²) in [5.41, 5.74) is 2.77. The number of esters is 2. The maximum absolute atomic E-state index is 13.5. The molecule has 4 atom stereocenters. The SMILES string of the molecule is COC(=O)CCC(N[C@@H](CS)C(=O)C(=O)[C@H](CS)NN)C(=O)C(Cc1ccc(O)cc1)C(=O)OC. The number of benzene rings is 1. The van der Waals surface area contributed by atoms with Crippen molar-refractivity contribution in [1.82, 2.24) is 10.7 Å². The van der Waals surface area contributed by atoms with Gasteiger partial charge in [-0.1, -0.05) is 12.1 Å². The van der Waals surface area contributed by atoms with E-state index < -0.39 is 53.3 Å². The van der Waals surface area contributed by atoms with Gasteiger partial charge in [0.15, 0.2) is 5.78 Å².